The summed E-state index contributed by atoms with van der Waals surface area (Å²) in [6, 6.07) is 0.447. The van der Waals surface area contributed by atoms with Crippen molar-refractivity contribution in [1.29, 1.82) is 0 Å². The van der Waals surface area contributed by atoms with E-state index < -0.39 is 18.0 Å². The number of nitrogens with two attached hydrogens (primary N) is 1. The molecule has 1 aromatic heterocycles. The van der Waals surface area contributed by atoms with Crippen molar-refractivity contribution in [3.8, 4) is 5.75 Å². The van der Waals surface area contributed by atoms with E-state index in [0.29, 0.717) is 23.2 Å². The number of hydrogen-bond acceptors (Lipinski definition) is 5. The van der Waals surface area contributed by atoms with Crippen molar-refractivity contribution in [3.05, 3.63) is 39.9 Å². The zero-order valence-corrected chi connectivity index (χ0v) is 14.2. The molecule has 134 valence electrons. The maximum absolute atomic E-state index is 14.5. The normalized spacial score (nSPS) is 16.6. The number of rotatable bonds is 4. The van der Waals surface area contributed by atoms with Gasteiger partial charge < -0.3 is 15.6 Å². The van der Waals surface area contributed by atoms with Crippen molar-refractivity contribution in [2.24, 2.45) is 12.8 Å². The number of benzene rings is 1. The van der Waals surface area contributed by atoms with Gasteiger partial charge >= 0.3 is 6.09 Å². The summed E-state index contributed by atoms with van der Waals surface area (Å²) in [5, 5.41) is 17.3. The molecule has 0 aliphatic carbocycles. The molecule has 0 saturated carbocycles. The van der Waals surface area contributed by atoms with E-state index in [1.54, 1.807) is 13.2 Å². The van der Waals surface area contributed by atoms with Gasteiger partial charge in [0, 0.05) is 30.7 Å². The highest BCUT2D eigenvalue weighted by molar-refractivity contribution is 6.31. The lowest BCUT2D eigenvalue weighted by atomic mass is 9.91. The van der Waals surface area contributed by atoms with Crippen LogP contribution in [-0.2, 0) is 20.1 Å². The highest BCUT2D eigenvalue weighted by Crippen LogP contribution is 2.41. The van der Waals surface area contributed by atoms with Crippen LogP contribution in [0.3, 0.4) is 0 Å². The van der Waals surface area contributed by atoms with E-state index in [9.17, 15) is 14.3 Å². The van der Waals surface area contributed by atoms with Gasteiger partial charge in [0.1, 0.15) is 12.3 Å². The van der Waals surface area contributed by atoms with Gasteiger partial charge in [0.2, 0.25) is 0 Å². The van der Waals surface area contributed by atoms with Crippen molar-refractivity contribution in [3.63, 3.8) is 0 Å². The number of ether oxygens (including phenoxy) is 1. The van der Waals surface area contributed by atoms with Crippen molar-refractivity contribution in [2.75, 3.05) is 13.1 Å². The van der Waals surface area contributed by atoms with Crippen molar-refractivity contribution < 1.29 is 19.0 Å². The molecule has 8 nitrogen and oxygen atoms in total. The summed E-state index contributed by atoms with van der Waals surface area (Å²) >= 11 is 6.16. The number of carboxylic acid groups (broad SMARTS) is 1. The van der Waals surface area contributed by atoms with Crippen LogP contribution < -0.4 is 10.5 Å². The summed E-state index contributed by atoms with van der Waals surface area (Å²) in [7, 11) is 1.70. The molecule has 0 radical (unpaired) electrons. The van der Waals surface area contributed by atoms with Gasteiger partial charge in [0.15, 0.2) is 11.6 Å². The van der Waals surface area contributed by atoms with Gasteiger partial charge in [-0.1, -0.05) is 16.8 Å². The number of nitrogens with zero attached hydrogens (tertiary/aromatic N) is 4. The van der Waals surface area contributed by atoms with Gasteiger partial charge in [0.25, 0.3) is 0 Å². The van der Waals surface area contributed by atoms with Crippen LogP contribution in [0.1, 0.15) is 22.9 Å². The van der Waals surface area contributed by atoms with Gasteiger partial charge in [0.05, 0.1) is 12.2 Å². The zero-order valence-electron chi connectivity index (χ0n) is 13.4. The summed E-state index contributed by atoms with van der Waals surface area (Å²) < 4.78 is 21.7. The first kappa shape index (κ1) is 17.4. The minimum Gasteiger partial charge on any atom is -0.484 e. The lowest BCUT2D eigenvalue weighted by Crippen LogP contribution is -2.42. The van der Waals surface area contributed by atoms with Crippen LogP contribution in [0.4, 0.5) is 9.18 Å². The Hall–Kier alpha value is -2.39. The van der Waals surface area contributed by atoms with Gasteiger partial charge in [-0.25, -0.2) is 9.18 Å². The van der Waals surface area contributed by atoms with Crippen LogP contribution in [0.5, 0.6) is 5.75 Å². The monoisotopic (exact) mass is 369 g/mol. The Kier molecular flexibility index (Phi) is 4.78. The molecular formula is C15H17ClFN5O3. The number of amides is 1. The highest BCUT2D eigenvalue weighted by atomic mass is 35.5. The molecule has 0 fully saturated rings. The number of halogens is 2. The van der Waals surface area contributed by atoms with Gasteiger partial charge in [-0.2, -0.15) is 0 Å². The minimum absolute atomic E-state index is 0.0107. The molecule has 1 amide bonds. The predicted molar refractivity (Wildman–Crippen MR) is 87.0 cm³/mol. The number of hydrogen-bond donors (Lipinski definition) is 2. The SMILES string of the molecule is Cn1cc(COc2c(F)cc(Cl)c3c2[C@@H](CN)N(C(=O)O)CC3)nn1. The Morgan fingerprint density at radius 1 is 1.60 bits per heavy atom. The standard InChI is InChI=1S/C15H17ClFN5O3/c1-21-6-8(19-20-21)7-25-14-11(17)4-10(16)9-2-3-22(15(23)24)12(5-18)13(9)14/h4,6,12H,2-3,5,7,18H2,1H3,(H,23,24)/t12-/m1/s1. The third kappa shape index (κ3) is 3.24. The van der Waals surface area contributed by atoms with E-state index in [1.165, 1.54) is 15.6 Å². The molecule has 2 aromatic rings. The second kappa shape index (κ2) is 6.85. The smallest absolute Gasteiger partial charge is 0.407 e. The van der Waals surface area contributed by atoms with Crippen molar-refractivity contribution >= 4 is 17.7 Å². The Morgan fingerprint density at radius 3 is 2.96 bits per heavy atom. The molecule has 0 spiro atoms. The van der Waals surface area contributed by atoms with Crippen LogP contribution in [0.15, 0.2) is 12.3 Å². The van der Waals surface area contributed by atoms with Crippen LogP contribution in [0, 0.1) is 5.82 Å². The maximum Gasteiger partial charge on any atom is 0.407 e. The molecular weight excluding hydrogens is 353 g/mol. The van der Waals surface area contributed by atoms with Gasteiger partial charge in [-0.15, -0.1) is 5.10 Å². The fourth-order valence-electron chi connectivity index (χ4n) is 3.04. The topological polar surface area (TPSA) is 106 Å². The molecule has 0 unspecified atom stereocenters. The third-order valence-electron chi connectivity index (χ3n) is 4.12. The first-order valence-electron chi connectivity index (χ1n) is 7.60. The molecule has 3 N–H and O–H groups in total. The Morgan fingerprint density at radius 2 is 2.36 bits per heavy atom. The average molecular weight is 370 g/mol. The Balaban J connectivity index is 2.01. The zero-order chi connectivity index (χ0) is 18.1. The summed E-state index contributed by atoms with van der Waals surface area (Å²) in [6.07, 6.45) is 0.879. The Bertz CT molecular complexity index is 813. The Labute approximate surface area is 147 Å². The van der Waals surface area contributed by atoms with Gasteiger partial charge in [-0.05, 0) is 18.1 Å². The molecule has 0 bridgehead atoms. The number of aromatic nitrogens is 3. The van der Waals surface area contributed by atoms with E-state index >= 15 is 0 Å². The van der Waals surface area contributed by atoms with E-state index in [4.69, 9.17) is 22.1 Å². The second-order valence-electron chi connectivity index (χ2n) is 5.71. The van der Waals surface area contributed by atoms with E-state index in [2.05, 4.69) is 10.3 Å². The van der Waals surface area contributed by atoms with E-state index in [1.807, 2.05) is 0 Å². The third-order valence-corrected chi connectivity index (χ3v) is 4.46. The maximum atomic E-state index is 14.5. The van der Waals surface area contributed by atoms with Crippen molar-refractivity contribution in [2.45, 2.75) is 19.1 Å². The van der Waals surface area contributed by atoms with Crippen LogP contribution in [-0.4, -0.2) is 44.2 Å². The summed E-state index contributed by atoms with van der Waals surface area (Å²) in [5.74, 6) is -0.718. The molecule has 10 heteroatoms. The van der Waals surface area contributed by atoms with Crippen molar-refractivity contribution in [1.82, 2.24) is 19.9 Å². The molecule has 3 rings (SSSR count). The molecule has 1 aromatic carbocycles. The summed E-state index contributed by atoms with van der Waals surface area (Å²) in [6.45, 7) is 0.211. The fraction of sp³-hybridized carbons (Fsp3) is 0.400. The van der Waals surface area contributed by atoms with Gasteiger partial charge in [-0.3, -0.25) is 9.58 Å². The molecule has 1 atom stereocenters. The van der Waals surface area contributed by atoms with Crippen LogP contribution in [0.25, 0.3) is 0 Å². The van der Waals surface area contributed by atoms with E-state index in [0.717, 1.165) is 0 Å². The van der Waals surface area contributed by atoms with E-state index in [-0.39, 0.29) is 30.5 Å². The molecule has 25 heavy (non-hydrogen) atoms. The number of carbonyl (C=O) groups is 1. The number of fused-ring (bicyclic) bond motifs is 1. The minimum atomic E-state index is -1.12. The summed E-state index contributed by atoms with van der Waals surface area (Å²) in [5.41, 5.74) is 7.33. The molecule has 1 aliphatic heterocycles. The highest BCUT2D eigenvalue weighted by Gasteiger charge is 2.35. The second-order valence-corrected chi connectivity index (χ2v) is 6.12. The summed E-state index contributed by atoms with van der Waals surface area (Å²) in [4.78, 5) is 12.7. The lowest BCUT2D eigenvalue weighted by molar-refractivity contribution is 0.120. The fourth-order valence-corrected chi connectivity index (χ4v) is 3.33. The first-order valence-corrected chi connectivity index (χ1v) is 7.98. The largest absolute Gasteiger partial charge is 0.484 e. The predicted octanol–water partition coefficient (Wildman–Crippen LogP) is 1.72. The molecule has 0 saturated heterocycles. The lowest BCUT2D eigenvalue weighted by Gasteiger charge is -2.36. The number of aryl methyl sites for hydroxylation is 1. The van der Waals surface area contributed by atoms with Crippen LogP contribution >= 0.6 is 11.6 Å². The van der Waals surface area contributed by atoms with Crippen LogP contribution in [0.2, 0.25) is 5.02 Å². The molecule has 1 aliphatic rings. The quantitative estimate of drug-likeness (QED) is 0.849. The average Bonchev–Trinajstić information content (AvgIpc) is 2.98. The first-order chi connectivity index (χ1) is 11.9. The molecule has 2 heterocycles.